The van der Waals surface area contributed by atoms with Gasteiger partial charge in [-0.15, -0.1) is 0 Å². The first-order valence-corrected chi connectivity index (χ1v) is 7.04. The fourth-order valence-corrected chi connectivity index (χ4v) is 2.10. The third-order valence-corrected chi connectivity index (χ3v) is 3.18. The van der Waals surface area contributed by atoms with E-state index in [-0.39, 0.29) is 18.0 Å². The predicted molar refractivity (Wildman–Crippen MR) is 87.5 cm³/mol. The smallest absolute Gasteiger partial charge is 0.339 e. The number of hydrogen-bond donors (Lipinski definition) is 2. The zero-order chi connectivity index (χ0) is 17.5. The quantitative estimate of drug-likeness (QED) is 0.624. The van der Waals surface area contributed by atoms with Gasteiger partial charge in [0.15, 0.2) is 0 Å². The number of ether oxygens (including phenoxy) is 1. The molecule has 1 amide bonds. The first kappa shape index (κ1) is 17.0. The lowest BCUT2D eigenvalue weighted by molar-refractivity contribution is -0.131. The molecule has 0 saturated carbocycles. The fourth-order valence-electron chi connectivity index (χ4n) is 2.10. The Labute approximate surface area is 138 Å². The predicted octanol–water partition coefficient (Wildman–Crippen LogP) is 2.01. The van der Waals surface area contributed by atoms with Crippen LogP contribution in [0, 0.1) is 0 Å². The first-order valence-electron chi connectivity index (χ1n) is 7.04. The van der Waals surface area contributed by atoms with E-state index in [0.29, 0.717) is 11.4 Å². The Bertz CT molecular complexity index is 792. The third kappa shape index (κ3) is 4.33. The lowest BCUT2D eigenvalue weighted by Crippen LogP contribution is -2.20. The second-order valence-corrected chi connectivity index (χ2v) is 4.82. The van der Waals surface area contributed by atoms with Crippen LogP contribution in [0.4, 0.5) is 5.69 Å². The molecular weight excluding hydrogens is 312 g/mol. The molecular formula is C17H16N2O5. The summed E-state index contributed by atoms with van der Waals surface area (Å²) >= 11 is 0. The number of nitrogens with zero attached hydrogens (tertiary/aromatic N) is 1. The molecule has 1 aromatic heterocycles. The van der Waals surface area contributed by atoms with E-state index in [1.807, 2.05) is 0 Å². The zero-order valence-corrected chi connectivity index (χ0v) is 12.9. The molecule has 1 aromatic carbocycles. The topological polar surface area (TPSA) is 97.6 Å². The number of para-hydroxylation sites is 1. The molecule has 7 nitrogen and oxygen atoms in total. The highest BCUT2D eigenvalue weighted by Gasteiger charge is 2.13. The van der Waals surface area contributed by atoms with Crippen LogP contribution in [0.15, 0.2) is 48.7 Å². The second kappa shape index (κ2) is 7.77. The fraction of sp³-hybridized carbons (Fsp3) is 0.118. The molecule has 0 aliphatic heterocycles. The molecule has 0 unspecified atom stereocenters. The van der Waals surface area contributed by atoms with Gasteiger partial charge < -0.3 is 19.7 Å². The molecule has 0 atom stereocenters. The SMILES string of the molecule is COC(=O)c1ccccc1NC(=O)Cn1cccc1/C=C/C(=O)O. The molecule has 2 rings (SSSR count). The van der Waals surface area contributed by atoms with E-state index in [4.69, 9.17) is 5.11 Å². The molecule has 24 heavy (non-hydrogen) atoms. The Kier molecular flexibility index (Phi) is 5.51. The third-order valence-electron chi connectivity index (χ3n) is 3.18. The maximum atomic E-state index is 12.2. The number of anilines is 1. The van der Waals surface area contributed by atoms with Crippen LogP contribution < -0.4 is 5.32 Å². The van der Waals surface area contributed by atoms with Gasteiger partial charge in [0.2, 0.25) is 5.91 Å². The maximum absolute atomic E-state index is 12.2. The van der Waals surface area contributed by atoms with Crippen molar-refractivity contribution in [1.29, 1.82) is 0 Å². The van der Waals surface area contributed by atoms with Gasteiger partial charge in [-0.2, -0.15) is 0 Å². The minimum absolute atomic E-state index is 0.0260. The number of carboxylic acids is 1. The average Bonchev–Trinajstić information content (AvgIpc) is 2.99. The number of benzene rings is 1. The number of esters is 1. The molecule has 0 aliphatic carbocycles. The lowest BCUT2D eigenvalue weighted by atomic mass is 10.2. The van der Waals surface area contributed by atoms with Crippen LogP contribution in [0.3, 0.4) is 0 Å². The second-order valence-electron chi connectivity index (χ2n) is 4.82. The number of methoxy groups -OCH3 is 1. The standard InChI is InChI=1S/C17H16N2O5/c1-24-17(23)13-6-2-3-7-14(13)18-15(20)11-19-10-4-5-12(19)8-9-16(21)22/h2-10H,11H2,1H3,(H,18,20)(H,21,22)/b9-8+. The van der Waals surface area contributed by atoms with Crippen molar-refractivity contribution >= 4 is 29.6 Å². The van der Waals surface area contributed by atoms with E-state index in [9.17, 15) is 14.4 Å². The van der Waals surface area contributed by atoms with Crippen molar-refractivity contribution < 1.29 is 24.2 Å². The summed E-state index contributed by atoms with van der Waals surface area (Å²) in [6.07, 6.45) is 4.06. The largest absolute Gasteiger partial charge is 0.478 e. The van der Waals surface area contributed by atoms with Gasteiger partial charge in [0, 0.05) is 18.0 Å². The van der Waals surface area contributed by atoms with Gasteiger partial charge in [0.05, 0.1) is 18.4 Å². The summed E-state index contributed by atoms with van der Waals surface area (Å²) in [6, 6.07) is 9.91. The highest BCUT2D eigenvalue weighted by atomic mass is 16.5. The average molecular weight is 328 g/mol. The summed E-state index contributed by atoms with van der Waals surface area (Å²) in [5.41, 5.74) is 1.18. The molecule has 0 radical (unpaired) electrons. The molecule has 0 aliphatic rings. The van der Waals surface area contributed by atoms with Crippen molar-refractivity contribution in [2.45, 2.75) is 6.54 Å². The van der Waals surface area contributed by atoms with Crippen LogP contribution in [0.2, 0.25) is 0 Å². The van der Waals surface area contributed by atoms with E-state index < -0.39 is 11.9 Å². The number of rotatable bonds is 6. The van der Waals surface area contributed by atoms with Crippen LogP contribution >= 0.6 is 0 Å². The Morgan fingerprint density at radius 3 is 2.67 bits per heavy atom. The Hall–Kier alpha value is -3.35. The minimum Gasteiger partial charge on any atom is -0.478 e. The van der Waals surface area contributed by atoms with E-state index in [1.165, 1.54) is 13.2 Å². The van der Waals surface area contributed by atoms with Crippen LogP contribution in [0.1, 0.15) is 16.1 Å². The van der Waals surface area contributed by atoms with Crippen molar-refractivity contribution in [3.05, 3.63) is 59.9 Å². The molecule has 2 N–H and O–H groups in total. The Morgan fingerprint density at radius 1 is 1.21 bits per heavy atom. The van der Waals surface area contributed by atoms with E-state index in [1.54, 1.807) is 47.2 Å². The monoisotopic (exact) mass is 328 g/mol. The normalized spacial score (nSPS) is 10.5. The van der Waals surface area contributed by atoms with Gasteiger partial charge in [-0.1, -0.05) is 12.1 Å². The highest BCUT2D eigenvalue weighted by Crippen LogP contribution is 2.16. The Balaban J connectivity index is 2.12. The van der Waals surface area contributed by atoms with Crippen molar-refractivity contribution in [1.82, 2.24) is 4.57 Å². The van der Waals surface area contributed by atoms with Crippen LogP contribution in [0.25, 0.3) is 6.08 Å². The number of carbonyl (C=O) groups excluding carboxylic acids is 2. The lowest BCUT2D eigenvalue weighted by Gasteiger charge is -2.11. The van der Waals surface area contributed by atoms with E-state index in [0.717, 1.165) is 6.08 Å². The molecule has 0 spiro atoms. The van der Waals surface area contributed by atoms with Gasteiger partial charge in [-0.25, -0.2) is 9.59 Å². The summed E-state index contributed by atoms with van der Waals surface area (Å²) < 4.78 is 6.27. The van der Waals surface area contributed by atoms with Gasteiger partial charge in [-0.05, 0) is 30.3 Å². The van der Waals surface area contributed by atoms with Gasteiger partial charge in [0.25, 0.3) is 0 Å². The van der Waals surface area contributed by atoms with Crippen LogP contribution in [-0.2, 0) is 20.9 Å². The molecule has 0 saturated heterocycles. The summed E-state index contributed by atoms with van der Waals surface area (Å²) in [5, 5.41) is 11.3. The first-order chi connectivity index (χ1) is 11.5. The highest BCUT2D eigenvalue weighted by molar-refractivity contribution is 6.01. The molecule has 1 heterocycles. The minimum atomic E-state index is -1.07. The number of hydrogen-bond acceptors (Lipinski definition) is 4. The number of aromatic nitrogens is 1. The van der Waals surface area contributed by atoms with Crippen molar-refractivity contribution in [3.63, 3.8) is 0 Å². The van der Waals surface area contributed by atoms with Gasteiger partial charge >= 0.3 is 11.9 Å². The summed E-state index contributed by atoms with van der Waals surface area (Å²) in [5.74, 6) is -1.97. The number of carboxylic acid groups (broad SMARTS) is 1. The van der Waals surface area contributed by atoms with Crippen molar-refractivity contribution in [3.8, 4) is 0 Å². The van der Waals surface area contributed by atoms with Crippen molar-refractivity contribution in [2.75, 3.05) is 12.4 Å². The molecule has 7 heteroatoms. The number of aliphatic carboxylic acids is 1. The van der Waals surface area contributed by atoms with Crippen LogP contribution in [0.5, 0.6) is 0 Å². The summed E-state index contributed by atoms with van der Waals surface area (Å²) in [7, 11) is 1.27. The summed E-state index contributed by atoms with van der Waals surface area (Å²) in [4.78, 5) is 34.5. The molecule has 0 fully saturated rings. The van der Waals surface area contributed by atoms with Gasteiger partial charge in [0.1, 0.15) is 6.54 Å². The molecule has 0 bridgehead atoms. The maximum Gasteiger partial charge on any atom is 0.339 e. The number of carbonyl (C=O) groups is 3. The number of nitrogens with one attached hydrogen (secondary N) is 1. The van der Waals surface area contributed by atoms with E-state index >= 15 is 0 Å². The molecule has 2 aromatic rings. The zero-order valence-electron chi connectivity index (χ0n) is 12.9. The Morgan fingerprint density at radius 2 is 1.96 bits per heavy atom. The van der Waals surface area contributed by atoms with Crippen LogP contribution in [-0.4, -0.2) is 34.6 Å². The van der Waals surface area contributed by atoms with Gasteiger partial charge in [-0.3, -0.25) is 4.79 Å². The summed E-state index contributed by atoms with van der Waals surface area (Å²) in [6.45, 7) is -0.0260. The number of amides is 1. The molecule has 124 valence electrons. The van der Waals surface area contributed by atoms with Crippen molar-refractivity contribution in [2.24, 2.45) is 0 Å². The van der Waals surface area contributed by atoms with E-state index in [2.05, 4.69) is 10.1 Å².